The zero-order valence-corrected chi connectivity index (χ0v) is 17.0. The number of hydrogen-bond donors (Lipinski definition) is 3. The van der Waals surface area contributed by atoms with E-state index in [1.807, 2.05) is 56.3 Å². The second-order valence-corrected chi connectivity index (χ2v) is 7.31. The fourth-order valence-corrected chi connectivity index (χ4v) is 3.76. The van der Waals surface area contributed by atoms with E-state index < -0.39 is 0 Å². The van der Waals surface area contributed by atoms with Gasteiger partial charge in [-0.2, -0.15) is 9.97 Å². The molecule has 0 bridgehead atoms. The Bertz CT molecular complexity index is 1500. The second kappa shape index (κ2) is 7.21. The first kappa shape index (κ1) is 18.7. The van der Waals surface area contributed by atoms with Crippen LogP contribution in [0.25, 0.3) is 27.8 Å². The molecular formula is C22H20N8O. The monoisotopic (exact) mass is 412 g/mol. The highest BCUT2D eigenvalue weighted by Crippen LogP contribution is 2.21. The Morgan fingerprint density at radius 2 is 1.84 bits per heavy atom. The van der Waals surface area contributed by atoms with Crippen LogP contribution in [0.4, 0.5) is 11.8 Å². The van der Waals surface area contributed by atoms with Crippen molar-refractivity contribution in [2.75, 3.05) is 11.1 Å². The average molecular weight is 412 g/mol. The maximum atomic E-state index is 13.6. The van der Waals surface area contributed by atoms with Crippen LogP contribution in [0.5, 0.6) is 0 Å². The van der Waals surface area contributed by atoms with Gasteiger partial charge in [-0.15, -0.1) is 0 Å². The van der Waals surface area contributed by atoms with E-state index in [0.717, 1.165) is 16.8 Å². The first-order chi connectivity index (χ1) is 15.0. The molecule has 0 atom stereocenters. The molecule has 0 saturated carbocycles. The van der Waals surface area contributed by atoms with Gasteiger partial charge < -0.3 is 16.0 Å². The van der Waals surface area contributed by atoms with Crippen molar-refractivity contribution in [3.8, 4) is 5.69 Å². The predicted octanol–water partition coefficient (Wildman–Crippen LogP) is 2.86. The summed E-state index contributed by atoms with van der Waals surface area (Å²) in [5.74, 6) is 1.16. The molecule has 0 amide bonds. The Morgan fingerprint density at radius 3 is 2.68 bits per heavy atom. The van der Waals surface area contributed by atoms with Crippen LogP contribution in [0.3, 0.4) is 0 Å². The van der Waals surface area contributed by atoms with E-state index in [9.17, 15) is 4.79 Å². The van der Waals surface area contributed by atoms with Crippen LogP contribution in [-0.4, -0.2) is 29.5 Å². The molecule has 0 aliphatic heterocycles. The largest absolute Gasteiger partial charge is 0.368 e. The summed E-state index contributed by atoms with van der Waals surface area (Å²) in [7, 11) is 0. The third-order valence-electron chi connectivity index (χ3n) is 5.25. The Kier molecular flexibility index (Phi) is 4.36. The molecule has 0 aliphatic carbocycles. The summed E-state index contributed by atoms with van der Waals surface area (Å²) in [4.78, 5) is 33.9. The molecule has 5 rings (SSSR count). The van der Waals surface area contributed by atoms with E-state index >= 15 is 0 Å². The molecule has 9 nitrogen and oxygen atoms in total. The maximum absolute atomic E-state index is 13.6. The maximum Gasteiger partial charge on any atom is 0.266 e. The highest BCUT2D eigenvalue weighted by molar-refractivity contribution is 5.84. The van der Waals surface area contributed by atoms with Gasteiger partial charge in [0.05, 0.1) is 29.5 Å². The normalized spacial score (nSPS) is 11.3. The number of H-pyrrole nitrogens is 1. The summed E-state index contributed by atoms with van der Waals surface area (Å²) in [6.45, 7) is 4.14. The van der Waals surface area contributed by atoms with Crippen LogP contribution >= 0.6 is 0 Å². The summed E-state index contributed by atoms with van der Waals surface area (Å²) in [5.41, 5.74) is 10.1. The number of nitrogens with zero attached hydrogens (tertiary/aromatic N) is 5. The topological polar surface area (TPSA) is 127 Å². The van der Waals surface area contributed by atoms with Gasteiger partial charge in [0, 0.05) is 0 Å². The molecule has 4 N–H and O–H groups in total. The van der Waals surface area contributed by atoms with Crippen molar-refractivity contribution < 1.29 is 0 Å². The fraction of sp³-hybridized carbons (Fsp3) is 0.136. The van der Waals surface area contributed by atoms with Gasteiger partial charge in [0.15, 0.2) is 11.5 Å². The second-order valence-electron chi connectivity index (χ2n) is 7.31. The first-order valence-corrected chi connectivity index (χ1v) is 9.80. The zero-order valence-electron chi connectivity index (χ0n) is 17.0. The molecule has 154 valence electrons. The van der Waals surface area contributed by atoms with E-state index in [2.05, 4.69) is 25.3 Å². The van der Waals surface area contributed by atoms with Crippen molar-refractivity contribution in [2.24, 2.45) is 0 Å². The molecule has 2 aromatic carbocycles. The van der Waals surface area contributed by atoms with Crippen LogP contribution in [0, 0.1) is 13.8 Å². The van der Waals surface area contributed by atoms with Crippen LogP contribution in [-0.2, 0) is 6.54 Å². The number of para-hydroxylation sites is 1. The molecule has 0 unspecified atom stereocenters. The molecule has 31 heavy (non-hydrogen) atoms. The molecule has 0 fully saturated rings. The van der Waals surface area contributed by atoms with Gasteiger partial charge in [0.2, 0.25) is 5.95 Å². The van der Waals surface area contributed by atoms with Gasteiger partial charge in [-0.1, -0.05) is 30.3 Å². The lowest BCUT2D eigenvalue weighted by molar-refractivity contribution is 0.831. The highest BCUT2D eigenvalue weighted by Gasteiger charge is 2.16. The quantitative estimate of drug-likeness (QED) is 0.414. The molecule has 9 heteroatoms. The summed E-state index contributed by atoms with van der Waals surface area (Å²) < 4.78 is 1.66. The van der Waals surface area contributed by atoms with Crippen LogP contribution < -0.4 is 16.6 Å². The number of rotatable bonds is 4. The molecule has 5 aromatic rings. The SMILES string of the molecule is Cc1ccccc1-n1c(CNc2nc(N)nc3nc[nH]c23)nc2cccc(C)c2c1=O. The number of imidazole rings is 1. The summed E-state index contributed by atoms with van der Waals surface area (Å²) in [5, 5.41) is 3.85. The number of aromatic amines is 1. The summed E-state index contributed by atoms with van der Waals surface area (Å²) in [6, 6.07) is 13.4. The summed E-state index contributed by atoms with van der Waals surface area (Å²) >= 11 is 0. The van der Waals surface area contributed by atoms with E-state index in [-0.39, 0.29) is 18.1 Å². The Balaban J connectivity index is 1.69. The van der Waals surface area contributed by atoms with Gasteiger partial charge in [-0.25, -0.2) is 9.97 Å². The molecule has 0 saturated heterocycles. The van der Waals surface area contributed by atoms with Crippen molar-refractivity contribution >= 4 is 33.8 Å². The van der Waals surface area contributed by atoms with Crippen molar-refractivity contribution in [3.05, 3.63) is 76.1 Å². The smallest absolute Gasteiger partial charge is 0.266 e. The minimum absolute atomic E-state index is 0.108. The van der Waals surface area contributed by atoms with Crippen LogP contribution in [0.1, 0.15) is 17.0 Å². The standard InChI is InChI=1S/C22H20N8O/c1-12-6-3-4-9-15(12)30-16(27-14-8-5-7-13(2)17(14)21(30)31)10-24-19-18-20(26-11-25-18)29-22(23)28-19/h3-9,11H,10H2,1-2H3,(H4,23,24,25,26,28,29). The van der Waals surface area contributed by atoms with Gasteiger partial charge in [-0.05, 0) is 37.1 Å². The Morgan fingerprint density at radius 1 is 1.03 bits per heavy atom. The lowest BCUT2D eigenvalue weighted by atomic mass is 10.1. The van der Waals surface area contributed by atoms with E-state index in [1.54, 1.807) is 4.57 Å². The van der Waals surface area contributed by atoms with Gasteiger partial charge in [-0.3, -0.25) is 9.36 Å². The number of hydrogen-bond acceptors (Lipinski definition) is 7. The number of nitrogens with two attached hydrogens (primary N) is 1. The average Bonchev–Trinajstić information content (AvgIpc) is 3.21. The minimum atomic E-state index is -0.108. The van der Waals surface area contributed by atoms with E-state index in [1.165, 1.54) is 6.33 Å². The molecule has 0 aliphatic rings. The van der Waals surface area contributed by atoms with Crippen LogP contribution in [0.15, 0.2) is 53.6 Å². The molecule has 0 radical (unpaired) electrons. The number of nitrogen functional groups attached to an aromatic ring is 1. The van der Waals surface area contributed by atoms with Gasteiger partial charge >= 0.3 is 0 Å². The van der Waals surface area contributed by atoms with Crippen molar-refractivity contribution in [1.82, 2.24) is 29.5 Å². The lowest BCUT2D eigenvalue weighted by Crippen LogP contribution is -2.26. The number of benzene rings is 2. The van der Waals surface area contributed by atoms with Crippen molar-refractivity contribution in [2.45, 2.75) is 20.4 Å². The number of fused-ring (bicyclic) bond motifs is 2. The first-order valence-electron chi connectivity index (χ1n) is 9.80. The lowest BCUT2D eigenvalue weighted by Gasteiger charge is -2.17. The molecule has 3 aromatic heterocycles. The van der Waals surface area contributed by atoms with Gasteiger partial charge in [0.1, 0.15) is 11.3 Å². The summed E-state index contributed by atoms with van der Waals surface area (Å²) in [6.07, 6.45) is 1.53. The van der Waals surface area contributed by atoms with Gasteiger partial charge in [0.25, 0.3) is 5.56 Å². The Labute approximate surface area is 177 Å². The Hall–Kier alpha value is -4.27. The number of nitrogens with one attached hydrogen (secondary N) is 2. The van der Waals surface area contributed by atoms with Crippen molar-refractivity contribution in [1.29, 1.82) is 0 Å². The molecule has 3 heterocycles. The third kappa shape index (κ3) is 3.16. The number of anilines is 2. The predicted molar refractivity (Wildman–Crippen MR) is 120 cm³/mol. The molecule has 0 spiro atoms. The minimum Gasteiger partial charge on any atom is -0.368 e. The number of aryl methyl sites for hydroxylation is 2. The van der Waals surface area contributed by atoms with Crippen LogP contribution in [0.2, 0.25) is 0 Å². The highest BCUT2D eigenvalue weighted by atomic mass is 16.1. The van der Waals surface area contributed by atoms with E-state index in [0.29, 0.717) is 33.7 Å². The molecular weight excluding hydrogens is 392 g/mol. The van der Waals surface area contributed by atoms with E-state index in [4.69, 9.17) is 10.7 Å². The van der Waals surface area contributed by atoms with Crippen molar-refractivity contribution in [3.63, 3.8) is 0 Å². The zero-order chi connectivity index (χ0) is 21.5. The number of aromatic nitrogens is 6. The third-order valence-corrected chi connectivity index (χ3v) is 5.25. The fourth-order valence-electron chi connectivity index (χ4n) is 3.76.